The maximum atomic E-state index is 12.2. The molecular formula is C13H27N3O. The van der Waals surface area contributed by atoms with Gasteiger partial charge in [0.15, 0.2) is 0 Å². The van der Waals surface area contributed by atoms with Crippen molar-refractivity contribution in [2.24, 2.45) is 0 Å². The van der Waals surface area contributed by atoms with Crippen LogP contribution in [0.2, 0.25) is 0 Å². The molecule has 0 aromatic rings. The van der Waals surface area contributed by atoms with Crippen LogP contribution in [0.3, 0.4) is 0 Å². The largest absolute Gasteiger partial charge is 0.339 e. The molecule has 1 atom stereocenters. The van der Waals surface area contributed by atoms with Crippen molar-refractivity contribution < 1.29 is 4.79 Å². The molecule has 0 radical (unpaired) electrons. The quantitative estimate of drug-likeness (QED) is 0.778. The van der Waals surface area contributed by atoms with Gasteiger partial charge in [-0.15, -0.1) is 0 Å². The van der Waals surface area contributed by atoms with Crippen LogP contribution in [-0.4, -0.2) is 61.0 Å². The smallest absolute Gasteiger partial charge is 0.236 e. The number of nitrogens with zero attached hydrogens (tertiary/aromatic N) is 2. The van der Waals surface area contributed by atoms with Gasteiger partial charge >= 0.3 is 0 Å². The number of hydrogen-bond acceptors (Lipinski definition) is 3. The molecule has 0 spiro atoms. The van der Waals surface area contributed by atoms with Crippen LogP contribution in [0.15, 0.2) is 0 Å². The third kappa shape index (κ3) is 4.64. The molecule has 4 nitrogen and oxygen atoms in total. The van der Waals surface area contributed by atoms with E-state index in [2.05, 4.69) is 31.0 Å². The van der Waals surface area contributed by atoms with Crippen molar-refractivity contribution in [3.63, 3.8) is 0 Å². The van der Waals surface area contributed by atoms with Crippen LogP contribution in [0.1, 0.15) is 33.6 Å². The zero-order valence-electron chi connectivity index (χ0n) is 11.5. The molecule has 0 aliphatic carbocycles. The van der Waals surface area contributed by atoms with Gasteiger partial charge in [0, 0.05) is 25.7 Å². The highest BCUT2D eigenvalue weighted by Gasteiger charge is 2.20. The lowest BCUT2D eigenvalue weighted by atomic mass is 10.2. The minimum atomic E-state index is 0.281. The van der Waals surface area contributed by atoms with Crippen LogP contribution in [-0.2, 0) is 4.79 Å². The summed E-state index contributed by atoms with van der Waals surface area (Å²) in [5.41, 5.74) is 0. The van der Waals surface area contributed by atoms with E-state index in [0.717, 1.165) is 45.6 Å². The van der Waals surface area contributed by atoms with Gasteiger partial charge in [-0.2, -0.15) is 0 Å². The molecule has 0 saturated carbocycles. The van der Waals surface area contributed by atoms with Gasteiger partial charge in [0.2, 0.25) is 5.91 Å². The average molecular weight is 241 g/mol. The zero-order valence-corrected chi connectivity index (χ0v) is 11.5. The fourth-order valence-corrected chi connectivity index (χ4v) is 2.30. The normalized spacial score (nSPS) is 19.7. The Morgan fingerprint density at radius 3 is 2.76 bits per heavy atom. The molecule has 4 heteroatoms. The van der Waals surface area contributed by atoms with Crippen molar-refractivity contribution in [3.8, 4) is 0 Å². The number of amides is 1. The SMILES string of the molecule is CCC(C)N(CC)C(=O)CN1CCCNCC1. The fraction of sp³-hybridized carbons (Fsp3) is 0.923. The van der Waals surface area contributed by atoms with Gasteiger partial charge in [-0.1, -0.05) is 6.92 Å². The zero-order chi connectivity index (χ0) is 12.7. The predicted octanol–water partition coefficient (Wildman–Crippen LogP) is 0.929. The molecule has 0 aromatic carbocycles. The Bertz CT molecular complexity index is 225. The summed E-state index contributed by atoms with van der Waals surface area (Å²) in [5, 5.41) is 3.36. The second-order valence-corrected chi connectivity index (χ2v) is 4.82. The summed E-state index contributed by atoms with van der Waals surface area (Å²) in [4.78, 5) is 16.5. The van der Waals surface area contributed by atoms with E-state index in [4.69, 9.17) is 0 Å². The number of hydrogen-bond donors (Lipinski definition) is 1. The first kappa shape index (κ1) is 14.5. The fourth-order valence-electron chi connectivity index (χ4n) is 2.30. The summed E-state index contributed by atoms with van der Waals surface area (Å²) in [7, 11) is 0. The molecule has 0 aromatic heterocycles. The van der Waals surface area contributed by atoms with Crippen molar-refractivity contribution in [2.45, 2.75) is 39.7 Å². The lowest BCUT2D eigenvalue weighted by Crippen LogP contribution is -2.45. The predicted molar refractivity (Wildman–Crippen MR) is 71.1 cm³/mol. The van der Waals surface area contributed by atoms with E-state index in [0.29, 0.717) is 12.6 Å². The van der Waals surface area contributed by atoms with Crippen LogP contribution in [0.4, 0.5) is 0 Å². The van der Waals surface area contributed by atoms with Crippen LogP contribution < -0.4 is 5.32 Å². The van der Waals surface area contributed by atoms with Crippen LogP contribution >= 0.6 is 0 Å². The highest BCUT2D eigenvalue weighted by molar-refractivity contribution is 5.78. The van der Waals surface area contributed by atoms with E-state index >= 15 is 0 Å². The highest BCUT2D eigenvalue weighted by Crippen LogP contribution is 2.05. The van der Waals surface area contributed by atoms with Crippen molar-refractivity contribution in [3.05, 3.63) is 0 Å². The Labute approximate surface area is 105 Å². The molecule has 1 unspecified atom stereocenters. The summed E-state index contributed by atoms with van der Waals surface area (Å²) in [6.07, 6.45) is 2.17. The first-order chi connectivity index (χ1) is 8.19. The lowest BCUT2D eigenvalue weighted by Gasteiger charge is -2.30. The number of nitrogens with one attached hydrogen (secondary N) is 1. The molecule has 1 aliphatic heterocycles. The van der Waals surface area contributed by atoms with Gasteiger partial charge in [-0.25, -0.2) is 0 Å². The summed E-state index contributed by atoms with van der Waals surface area (Å²) < 4.78 is 0. The molecular weight excluding hydrogens is 214 g/mol. The summed E-state index contributed by atoms with van der Waals surface area (Å²) in [6, 6.07) is 0.359. The van der Waals surface area contributed by atoms with Gasteiger partial charge in [0.1, 0.15) is 0 Å². The number of carbonyl (C=O) groups excluding carboxylic acids is 1. The Morgan fingerprint density at radius 2 is 2.12 bits per heavy atom. The molecule has 1 saturated heterocycles. The van der Waals surface area contributed by atoms with Gasteiger partial charge in [0.05, 0.1) is 6.54 Å². The second-order valence-electron chi connectivity index (χ2n) is 4.82. The first-order valence-corrected chi connectivity index (χ1v) is 6.91. The number of likely N-dealkylation sites (N-methyl/N-ethyl adjacent to an activating group) is 1. The number of rotatable bonds is 5. The third-order valence-corrected chi connectivity index (χ3v) is 3.58. The molecule has 1 aliphatic rings. The maximum absolute atomic E-state index is 12.2. The van der Waals surface area contributed by atoms with Crippen molar-refractivity contribution in [1.82, 2.24) is 15.1 Å². The molecule has 1 rings (SSSR count). The van der Waals surface area contributed by atoms with Crippen LogP contribution in [0.5, 0.6) is 0 Å². The molecule has 1 N–H and O–H groups in total. The first-order valence-electron chi connectivity index (χ1n) is 6.91. The Morgan fingerprint density at radius 1 is 1.35 bits per heavy atom. The van der Waals surface area contributed by atoms with Gasteiger partial charge < -0.3 is 10.2 Å². The topological polar surface area (TPSA) is 35.6 Å². The third-order valence-electron chi connectivity index (χ3n) is 3.58. The molecule has 100 valence electrons. The van der Waals surface area contributed by atoms with Gasteiger partial charge in [0.25, 0.3) is 0 Å². The van der Waals surface area contributed by atoms with E-state index in [-0.39, 0.29) is 5.91 Å². The van der Waals surface area contributed by atoms with E-state index in [9.17, 15) is 4.79 Å². The summed E-state index contributed by atoms with van der Waals surface area (Å²) in [5.74, 6) is 0.281. The van der Waals surface area contributed by atoms with Crippen molar-refractivity contribution in [2.75, 3.05) is 39.3 Å². The van der Waals surface area contributed by atoms with E-state index < -0.39 is 0 Å². The van der Waals surface area contributed by atoms with Gasteiger partial charge in [-0.05, 0) is 39.8 Å². The number of carbonyl (C=O) groups is 1. The molecule has 17 heavy (non-hydrogen) atoms. The van der Waals surface area contributed by atoms with Crippen molar-refractivity contribution >= 4 is 5.91 Å². The minimum absolute atomic E-state index is 0.281. The Hall–Kier alpha value is -0.610. The Kier molecular flexibility index (Phi) is 6.52. The highest BCUT2D eigenvalue weighted by atomic mass is 16.2. The minimum Gasteiger partial charge on any atom is -0.339 e. The summed E-state index contributed by atoms with van der Waals surface area (Å²) in [6.45, 7) is 11.8. The van der Waals surface area contributed by atoms with Crippen LogP contribution in [0.25, 0.3) is 0 Å². The molecule has 1 fully saturated rings. The summed E-state index contributed by atoms with van der Waals surface area (Å²) >= 11 is 0. The lowest BCUT2D eigenvalue weighted by molar-refractivity contribution is -0.134. The monoisotopic (exact) mass is 241 g/mol. The van der Waals surface area contributed by atoms with E-state index in [1.807, 2.05) is 4.90 Å². The average Bonchev–Trinajstić information content (AvgIpc) is 2.58. The van der Waals surface area contributed by atoms with Gasteiger partial charge in [-0.3, -0.25) is 9.69 Å². The van der Waals surface area contributed by atoms with Crippen LogP contribution in [0, 0.1) is 0 Å². The Balaban J connectivity index is 2.44. The van der Waals surface area contributed by atoms with E-state index in [1.54, 1.807) is 0 Å². The molecule has 0 bridgehead atoms. The standard InChI is InChI=1S/C13H27N3O/c1-4-12(3)16(5-2)13(17)11-15-9-6-7-14-8-10-15/h12,14H,4-11H2,1-3H3. The molecule has 1 heterocycles. The maximum Gasteiger partial charge on any atom is 0.236 e. The molecule has 1 amide bonds. The van der Waals surface area contributed by atoms with E-state index in [1.165, 1.54) is 0 Å². The second kappa shape index (κ2) is 7.67. The van der Waals surface area contributed by atoms with Crippen molar-refractivity contribution in [1.29, 1.82) is 0 Å².